The minimum atomic E-state index is -2.70. The summed E-state index contributed by atoms with van der Waals surface area (Å²) >= 11 is 6.54. The maximum absolute atomic E-state index is 13.8. The summed E-state index contributed by atoms with van der Waals surface area (Å²) in [6.07, 6.45) is 0.818. The zero-order valence-electron chi connectivity index (χ0n) is 20.6. The van der Waals surface area contributed by atoms with E-state index < -0.39 is 36.0 Å². The highest BCUT2D eigenvalue weighted by Crippen LogP contribution is 2.37. The van der Waals surface area contributed by atoms with Gasteiger partial charge in [-0.1, -0.05) is 28.9 Å². The van der Waals surface area contributed by atoms with Crippen LogP contribution in [0, 0.1) is 28.9 Å². The molecule has 5 aromatic rings. The second kappa shape index (κ2) is 11.0. The summed E-state index contributed by atoms with van der Waals surface area (Å²) in [5.41, 5.74) is -0.667. The van der Waals surface area contributed by atoms with Gasteiger partial charge < -0.3 is 10.6 Å². The first-order chi connectivity index (χ1) is 19.6. The predicted molar refractivity (Wildman–Crippen MR) is 141 cm³/mol. The van der Waals surface area contributed by atoms with E-state index in [1.54, 1.807) is 0 Å². The van der Waals surface area contributed by atoms with Gasteiger partial charge in [0.2, 0.25) is 5.95 Å². The summed E-state index contributed by atoms with van der Waals surface area (Å²) in [7, 11) is 6.76. The highest BCUT2D eigenvalue weighted by atomic mass is 35.5. The third-order valence-electron chi connectivity index (χ3n) is 6.02. The second-order valence-electron chi connectivity index (χ2n) is 8.79. The van der Waals surface area contributed by atoms with E-state index in [0.717, 1.165) is 29.1 Å². The van der Waals surface area contributed by atoms with E-state index in [9.17, 15) is 27.2 Å². The van der Waals surface area contributed by atoms with Gasteiger partial charge in [0.25, 0.3) is 6.43 Å². The number of fused-ring (bicyclic) bond motifs is 1. The number of aromatic nitrogens is 5. The first-order valence-electron chi connectivity index (χ1n) is 11.7. The van der Waals surface area contributed by atoms with Crippen LogP contribution in [0.3, 0.4) is 0 Å². The number of rotatable bonds is 8. The Hall–Kier alpha value is -4.77. The number of nitriles is 1. The van der Waals surface area contributed by atoms with Gasteiger partial charge >= 0.3 is 0 Å². The molecule has 0 fully saturated rings. The van der Waals surface area contributed by atoms with E-state index in [2.05, 4.69) is 30.9 Å². The van der Waals surface area contributed by atoms with Crippen LogP contribution in [0.15, 0.2) is 61.1 Å². The van der Waals surface area contributed by atoms with E-state index in [1.165, 1.54) is 36.7 Å². The molecule has 0 aliphatic carbocycles. The number of nitrogens with one attached hydrogen (secondary N) is 2. The fourth-order valence-electron chi connectivity index (χ4n) is 4.12. The molecule has 2 aromatic carbocycles. The van der Waals surface area contributed by atoms with Crippen molar-refractivity contribution in [2.45, 2.75) is 18.4 Å². The highest BCUT2D eigenvalue weighted by molar-refractivity contribution is 6.36. The minimum Gasteiger partial charge on any atom is -0.378 e. The Labute approximate surface area is 235 Å². The molecule has 3 heterocycles. The quantitative estimate of drug-likeness (QED) is 0.139. The Balaban J connectivity index is 1.64. The standard InChI is InChI=1S/C26H15BClF5N8/c27-26(14-1-3-15(29)4-2-14,21-11-41(40-39-21)12-22(31)32)38-16-5-18-23(37-17-7-20(30)25(33)36-10-17)13(8-34)9-35-24(18)19(28)6-16/h1-7,9-11,22,38H,12H2,(H,35,37). The summed E-state index contributed by atoms with van der Waals surface area (Å²) in [5, 5.41) is 23.7. The minimum absolute atomic E-state index is 0.0242. The molecule has 41 heavy (non-hydrogen) atoms. The van der Waals surface area contributed by atoms with Gasteiger partial charge in [-0.3, -0.25) is 4.98 Å². The molecule has 2 N–H and O–H groups in total. The highest BCUT2D eigenvalue weighted by Gasteiger charge is 2.32. The van der Waals surface area contributed by atoms with Gasteiger partial charge in [-0.2, -0.15) is 9.65 Å². The molecule has 204 valence electrons. The van der Waals surface area contributed by atoms with Crippen LogP contribution in [0.5, 0.6) is 0 Å². The van der Waals surface area contributed by atoms with Crippen molar-refractivity contribution in [2.24, 2.45) is 0 Å². The molecule has 1 unspecified atom stereocenters. The summed E-state index contributed by atoms with van der Waals surface area (Å²) in [5.74, 6) is -3.04. The van der Waals surface area contributed by atoms with Gasteiger partial charge in [0.15, 0.2) is 5.82 Å². The van der Waals surface area contributed by atoms with Gasteiger partial charge in [0.1, 0.15) is 32.0 Å². The van der Waals surface area contributed by atoms with Gasteiger partial charge in [-0.05, 0) is 29.8 Å². The molecule has 0 saturated carbocycles. The molecule has 8 nitrogen and oxygen atoms in total. The SMILES string of the molecule is [B]C(Nc1cc(Cl)c2ncc(C#N)c(Nc3cnc(F)c(F)c3)c2c1)(c1ccc(F)cc1)c1cn(CC(F)F)nn1. The summed E-state index contributed by atoms with van der Waals surface area (Å²) in [4.78, 5) is 7.58. The number of hydrogen-bond acceptors (Lipinski definition) is 7. The van der Waals surface area contributed by atoms with Crippen molar-refractivity contribution in [1.82, 2.24) is 25.0 Å². The van der Waals surface area contributed by atoms with Gasteiger partial charge in [-0.15, -0.1) is 5.10 Å². The van der Waals surface area contributed by atoms with E-state index in [4.69, 9.17) is 19.4 Å². The molecule has 2 radical (unpaired) electrons. The van der Waals surface area contributed by atoms with E-state index in [0.29, 0.717) is 5.56 Å². The largest absolute Gasteiger partial charge is 0.378 e. The van der Waals surface area contributed by atoms with Gasteiger partial charge in [0, 0.05) is 23.3 Å². The van der Waals surface area contributed by atoms with Crippen molar-refractivity contribution in [2.75, 3.05) is 10.6 Å². The van der Waals surface area contributed by atoms with Crippen LogP contribution < -0.4 is 10.6 Å². The van der Waals surface area contributed by atoms with Crippen molar-refractivity contribution >= 4 is 47.4 Å². The van der Waals surface area contributed by atoms with Crippen LogP contribution in [-0.4, -0.2) is 39.2 Å². The fourth-order valence-corrected chi connectivity index (χ4v) is 4.39. The van der Waals surface area contributed by atoms with Gasteiger partial charge in [-0.25, -0.2) is 27.2 Å². The van der Waals surface area contributed by atoms with Crippen molar-refractivity contribution in [3.8, 4) is 6.07 Å². The number of pyridine rings is 2. The second-order valence-corrected chi connectivity index (χ2v) is 9.20. The third-order valence-corrected chi connectivity index (χ3v) is 6.31. The lowest BCUT2D eigenvalue weighted by molar-refractivity contribution is 0.121. The lowest BCUT2D eigenvalue weighted by Crippen LogP contribution is -2.37. The Morgan fingerprint density at radius 3 is 2.49 bits per heavy atom. The monoisotopic (exact) mass is 580 g/mol. The third kappa shape index (κ3) is 5.62. The van der Waals surface area contributed by atoms with Crippen LogP contribution in [0.25, 0.3) is 10.9 Å². The molecule has 0 aliphatic heterocycles. The topological polar surface area (TPSA) is 104 Å². The lowest BCUT2D eigenvalue weighted by Gasteiger charge is -2.32. The number of anilines is 3. The molecule has 15 heteroatoms. The van der Waals surface area contributed by atoms with Crippen LogP contribution in [-0.2, 0) is 12.0 Å². The number of benzene rings is 2. The fraction of sp³-hybridized carbons (Fsp3) is 0.115. The maximum atomic E-state index is 13.8. The zero-order chi connectivity index (χ0) is 29.3. The lowest BCUT2D eigenvalue weighted by atomic mass is 9.69. The normalized spacial score (nSPS) is 12.7. The average molecular weight is 581 g/mol. The molecule has 0 spiro atoms. The number of halogens is 6. The Morgan fingerprint density at radius 1 is 1.05 bits per heavy atom. The molecule has 0 saturated heterocycles. The molecular formula is C26H15BClF5N8. The number of alkyl halides is 2. The smallest absolute Gasteiger partial charge is 0.257 e. The zero-order valence-corrected chi connectivity index (χ0v) is 21.3. The molecule has 0 aliphatic rings. The van der Waals surface area contributed by atoms with E-state index >= 15 is 0 Å². The Bertz CT molecular complexity index is 1790. The molecule has 0 bridgehead atoms. The Kier molecular flexibility index (Phi) is 7.46. The van der Waals surface area contributed by atoms with Crippen molar-refractivity contribution in [3.63, 3.8) is 0 Å². The average Bonchev–Trinajstić information content (AvgIpc) is 3.40. The molecular weight excluding hydrogens is 566 g/mol. The van der Waals surface area contributed by atoms with Crippen LogP contribution in [0.4, 0.5) is 39.0 Å². The molecule has 3 aromatic heterocycles. The van der Waals surface area contributed by atoms with Crippen LogP contribution in [0.1, 0.15) is 16.8 Å². The van der Waals surface area contributed by atoms with Crippen molar-refractivity contribution < 1.29 is 22.0 Å². The summed E-state index contributed by atoms with van der Waals surface area (Å²) in [6.45, 7) is -0.731. The first kappa shape index (κ1) is 27.8. The molecule has 5 rings (SSSR count). The first-order valence-corrected chi connectivity index (χ1v) is 12.1. The van der Waals surface area contributed by atoms with Crippen LogP contribution in [0.2, 0.25) is 5.02 Å². The van der Waals surface area contributed by atoms with Crippen molar-refractivity contribution in [3.05, 3.63) is 100 Å². The van der Waals surface area contributed by atoms with E-state index in [-0.39, 0.29) is 44.2 Å². The maximum Gasteiger partial charge on any atom is 0.257 e. The van der Waals surface area contributed by atoms with Gasteiger partial charge in [0.05, 0.1) is 45.3 Å². The van der Waals surface area contributed by atoms with Crippen LogP contribution >= 0.6 is 11.6 Å². The number of hydrogen-bond donors (Lipinski definition) is 2. The Morgan fingerprint density at radius 2 is 1.80 bits per heavy atom. The number of nitrogens with zero attached hydrogens (tertiary/aromatic N) is 6. The van der Waals surface area contributed by atoms with E-state index in [1.807, 2.05) is 6.07 Å². The molecule has 1 atom stereocenters. The summed E-state index contributed by atoms with van der Waals surface area (Å²) in [6, 6.07) is 10.9. The summed E-state index contributed by atoms with van der Waals surface area (Å²) < 4.78 is 67.8. The predicted octanol–water partition coefficient (Wildman–Crippen LogP) is 5.65. The molecule has 0 amide bonds. The van der Waals surface area contributed by atoms with Crippen molar-refractivity contribution in [1.29, 1.82) is 5.26 Å².